The average Bonchev–Trinajstić information content (AvgIpc) is 3.52. The van der Waals surface area contributed by atoms with E-state index < -0.39 is 23.9 Å². The number of ether oxygens (including phenoxy) is 4. The van der Waals surface area contributed by atoms with Crippen molar-refractivity contribution in [3.8, 4) is 11.4 Å². The van der Waals surface area contributed by atoms with Gasteiger partial charge < -0.3 is 24.1 Å². The van der Waals surface area contributed by atoms with Gasteiger partial charge in [-0.3, -0.25) is 9.59 Å². The van der Waals surface area contributed by atoms with E-state index in [2.05, 4.69) is 67.3 Å². The van der Waals surface area contributed by atoms with Crippen molar-refractivity contribution in [2.75, 3.05) is 26.4 Å². The Kier molecular flexibility index (Phi) is 13.6. The fourth-order valence-electron chi connectivity index (χ4n) is 4.67. The Labute approximate surface area is 292 Å². The van der Waals surface area contributed by atoms with Crippen LogP contribution in [0.5, 0.6) is 5.75 Å². The normalized spacial score (nSPS) is 11.3. The van der Waals surface area contributed by atoms with E-state index in [4.69, 9.17) is 9.47 Å². The Morgan fingerprint density at radius 1 is 0.660 bits per heavy atom. The fourth-order valence-corrected chi connectivity index (χ4v) is 4.67. The molecular weight excluding hydrogens is 642 g/mol. The third kappa shape index (κ3) is 10.4. The van der Waals surface area contributed by atoms with Gasteiger partial charge in [-0.05, 0) is 59.6 Å². The van der Waals surface area contributed by atoms with Crippen LogP contribution in [0.4, 0.5) is 0 Å². The van der Waals surface area contributed by atoms with E-state index in [0.29, 0.717) is 5.69 Å². The number of aromatic hydroxyl groups is 1. The smallest absolute Gasteiger partial charge is 0.339 e. The molecule has 3 aromatic carbocycles. The summed E-state index contributed by atoms with van der Waals surface area (Å²) in [5.74, 6) is -2.18. The summed E-state index contributed by atoms with van der Waals surface area (Å²) in [6.45, 7) is 15.2. The van der Waals surface area contributed by atoms with Gasteiger partial charge in [0.15, 0.2) is 0 Å². The van der Waals surface area contributed by atoms with Gasteiger partial charge >= 0.3 is 23.9 Å². The number of phenolic OH excluding ortho intramolecular Hbond substituents is 1. The van der Waals surface area contributed by atoms with E-state index in [9.17, 15) is 24.3 Å². The van der Waals surface area contributed by atoms with Crippen LogP contribution in [0.1, 0.15) is 100 Å². The Balaban J connectivity index is 0.000000272. The summed E-state index contributed by atoms with van der Waals surface area (Å²) in [6.07, 6.45) is 1.95. The minimum atomic E-state index is -0.741. The van der Waals surface area contributed by atoms with Crippen LogP contribution in [-0.2, 0) is 39.4 Å². The van der Waals surface area contributed by atoms with Crippen molar-refractivity contribution in [1.29, 1.82) is 0 Å². The Morgan fingerprint density at radius 3 is 1.50 bits per heavy atom. The van der Waals surface area contributed by atoms with Gasteiger partial charge in [-0.15, -0.1) is 15.0 Å². The molecule has 0 radical (unpaired) electrons. The maximum Gasteiger partial charge on any atom is 0.339 e. The molecule has 0 atom stereocenters. The summed E-state index contributed by atoms with van der Waals surface area (Å²) in [6, 6.07) is 17.9. The van der Waals surface area contributed by atoms with Crippen LogP contribution >= 0.6 is 0 Å². The van der Waals surface area contributed by atoms with Crippen molar-refractivity contribution in [3.63, 3.8) is 0 Å². The minimum absolute atomic E-state index is 0.00754. The van der Waals surface area contributed by atoms with Gasteiger partial charge in [-0.2, -0.15) is 0 Å². The Hall–Kier alpha value is -5.26. The zero-order valence-corrected chi connectivity index (χ0v) is 30.1. The highest BCUT2D eigenvalue weighted by Gasteiger charge is 2.29. The molecule has 0 aliphatic rings. The van der Waals surface area contributed by atoms with Gasteiger partial charge in [0.25, 0.3) is 0 Å². The van der Waals surface area contributed by atoms with Gasteiger partial charge in [0.05, 0.1) is 11.1 Å². The highest BCUT2D eigenvalue weighted by Crippen LogP contribution is 2.41. The molecule has 1 N–H and O–H groups in total. The second-order valence-corrected chi connectivity index (χ2v) is 12.8. The number of aromatic nitrogens is 3. The summed E-state index contributed by atoms with van der Waals surface area (Å²) in [5, 5.41) is 20.3. The summed E-state index contributed by atoms with van der Waals surface area (Å²) < 4.78 is 19.1. The Bertz CT molecular complexity index is 1720. The molecule has 0 aliphatic carbocycles. The maximum absolute atomic E-state index is 12.0. The molecule has 0 amide bonds. The molecule has 0 spiro atoms. The summed E-state index contributed by atoms with van der Waals surface area (Å²) >= 11 is 0. The van der Waals surface area contributed by atoms with Crippen molar-refractivity contribution in [2.45, 2.75) is 79.1 Å². The highest BCUT2D eigenvalue weighted by atomic mass is 16.6. The molecule has 0 saturated heterocycles. The Morgan fingerprint density at radius 2 is 1.08 bits per heavy atom. The molecule has 268 valence electrons. The number of carbonyl (C=O) groups is 4. The molecule has 0 bridgehead atoms. The lowest BCUT2D eigenvalue weighted by atomic mass is 9.76. The van der Waals surface area contributed by atoms with Gasteiger partial charge in [0.1, 0.15) is 48.9 Å². The highest BCUT2D eigenvalue weighted by molar-refractivity contribution is 6.03. The van der Waals surface area contributed by atoms with Crippen molar-refractivity contribution < 1.29 is 43.2 Å². The lowest BCUT2D eigenvalue weighted by Crippen LogP contribution is -2.21. The van der Waals surface area contributed by atoms with Crippen molar-refractivity contribution in [2.24, 2.45) is 0 Å². The summed E-state index contributed by atoms with van der Waals surface area (Å²) in [5.41, 5.74) is 4.37. The number of hydrogen-bond donors (Lipinski definition) is 1. The molecule has 4 aromatic rings. The van der Waals surface area contributed by atoms with Crippen LogP contribution in [0.15, 0.2) is 60.7 Å². The van der Waals surface area contributed by atoms with Crippen LogP contribution in [0, 0.1) is 0 Å². The lowest BCUT2D eigenvalue weighted by molar-refractivity contribution is -0.142. The number of hydrogen-bond acceptors (Lipinski definition) is 11. The SMILES string of the molecule is CC(=O)OCCOC(=O)c1ccccc1C(=O)OCCOC(C)=O.CCC(C)(C)c1cc(-n2nc3ccccc3n2)c(O)c(C(C)(C)CC)c1. The van der Waals surface area contributed by atoms with Gasteiger partial charge in [-0.1, -0.05) is 71.9 Å². The van der Waals surface area contributed by atoms with Crippen molar-refractivity contribution in [1.82, 2.24) is 15.0 Å². The second kappa shape index (κ2) is 17.4. The van der Waals surface area contributed by atoms with Crippen LogP contribution in [0.2, 0.25) is 0 Å². The topological polar surface area (TPSA) is 156 Å². The molecule has 0 fully saturated rings. The zero-order valence-electron chi connectivity index (χ0n) is 30.1. The number of carbonyl (C=O) groups excluding carboxylic acids is 4. The van der Waals surface area contributed by atoms with Crippen LogP contribution in [0.25, 0.3) is 16.7 Å². The molecule has 0 aliphatic heterocycles. The number of esters is 4. The van der Waals surface area contributed by atoms with E-state index in [1.165, 1.54) is 31.5 Å². The zero-order chi connectivity index (χ0) is 37.1. The van der Waals surface area contributed by atoms with Crippen LogP contribution < -0.4 is 0 Å². The third-order valence-electron chi connectivity index (χ3n) is 8.48. The van der Waals surface area contributed by atoms with Crippen molar-refractivity contribution >= 4 is 34.9 Å². The number of rotatable bonds is 13. The number of nitrogens with zero attached hydrogens (tertiary/aromatic N) is 3. The second-order valence-electron chi connectivity index (χ2n) is 12.8. The molecule has 50 heavy (non-hydrogen) atoms. The van der Waals surface area contributed by atoms with Crippen LogP contribution in [-0.4, -0.2) is 70.4 Å². The van der Waals surface area contributed by atoms with E-state index in [1.54, 1.807) is 16.9 Å². The van der Waals surface area contributed by atoms with Gasteiger partial charge in [0.2, 0.25) is 0 Å². The number of benzene rings is 3. The summed E-state index contributed by atoms with van der Waals surface area (Å²) in [4.78, 5) is 46.8. The molecule has 12 nitrogen and oxygen atoms in total. The minimum Gasteiger partial charge on any atom is -0.505 e. The van der Waals surface area contributed by atoms with E-state index in [0.717, 1.165) is 29.4 Å². The largest absolute Gasteiger partial charge is 0.505 e. The quantitative estimate of drug-likeness (QED) is 0.0913. The van der Waals surface area contributed by atoms with E-state index >= 15 is 0 Å². The summed E-state index contributed by atoms with van der Waals surface area (Å²) in [7, 11) is 0. The first-order valence-corrected chi connectivity index (χ1v) is 16.5. The predicted molar refractivity (Wildman–Crippen MR) is 187 cm³/mol. The molecule has 4 rings (SSSR count). The van der Waals surface area contributed by atoms with Gasteiger partial charge in [-0.25, -0.2) is 9.59 Å². The average molecular weight is 690 g/mol. The van der Waals surface area contributed by atoms with Crippen molar-refractivity contribution in [3.05, 3.63) is 82.9 Å². The standard InChI is InChI=1S/C22H29N3O.C16H18O8/c1-7-21(3,4)15-13-16(22(5,6)8-2)20(26)19(14-15)25-23-17-11-9-10-12-18(17)24-25;1-11(17)21-7-9-23-15(19)13-5-3-4-6-14(13)16(20)24-10-8-22-12(2)18/h9-14,26H,7-8H2,1-6H3;3-6H,7-10H2,1-2H3. The monoisotopic (exact) mass is 689 g/mol. The van der Waals surface area contributed by atoms with Crippen LogP contribution in [0.3, 0.4) is 0 Å². The first-order valence-electron chi connectivity index (χ1n) is 16.5. The first kappa shape index (κ1) is 39.2. The van der Waals surface area contributed by atoms with E-state index in [-0.39, 0.29) is 54.1 Å². The van der Waals surface area contributed by atoms with Gasteiger partial charge in [0, 0.05) is 19.4 Å². The fraction of sp³-hybridized carbons (Fsp3) is 0.421. The van der Waals surface area contributed by atoms with E-state index in [1.807, 2.05) is 30.3 Å². The third-order valence-corrected chi connectivity index (χ3v) is 8.48. The maximum atomic E-state index is 12.0. The molecule has 0 unspecified atom stereocenters. The molecule has 0 saturated carbocycles. The molecule has 1 aromatic heterocycles. The lowest BCUT2D eigenvalue weighted by Gasteiger charge is -2.30. The number of fused-ring (bicyclic) bond motifs is 1. The first-order chi connectivity index (χ1) is 23.6. The predicted octanol–water partition coefficient (Wildman–Crippen LogP) is 6.63. The molecule has 1 heterocycles. The molecule has 12 heteroatoms. The molecular formula is C38H47N3O9. The number of phenols is 1.